The molecule has 0 aliphatic heterocycles. The SMILES string of the molecule is COC(=O)C/C(C)=N/NC(=O)c1ccc(Cl)cc1. The molecular formula is C12H13ClN2O3. The van der Waals surface area contributed by atoms with Gasteiger partial charge in [0.15, 0.2) is 0 Å². The number of ether oxygens (including phenoxy) is 1. The number of carbonyl (C=O) groups excluding carboxylic acids is 2. The van der Waals surface area contributed by atoms with Crippen LogP contribution in [0.1, 0.15) is 23.7 Å². The van der Waals surface area contributed by atoms with Crippen LogP contribution in [0.3, 0.4) is 0 Å². The van der Waals surface area contributed by atoms with Crippen molar-refractivity contribution in [2.75, 3.05) is 7.11 Å². The van der Waals surface area contributed by atoms with Gasteiger partial charge in [-0.2, -0.15) is 5.10 Å². The third-order valence-electron chi connectivity index (χ3n) is 2.08. The van der Waals surface area contributed by atoms with Crippen molar-refractivity contribution in [2.45, 2.75) is 13.3 Å². The Labute approximate surface area is 110 Å². The van der Waals surface area contributed by atoms with Gasteiger partial charge in [0.1, 0.15) is 0 Å². The van der Waals surface area contributed by atoms with Gasteiger partial charge in [-0.15, -0.1) is 0 Å². The molecular weight excluding hydrogens is 256 g/mol. The summed E-state index contributed by atoms with van der Waals surface area (Å²) in [5.74, 6) is -0.770. The zero-order chi connectivity index (χ0) is 13.5. The summed E-state index contributed by atoms with van der Waals surface area (Å²) >= 11 is 5.71. The summed E-state index contributed by atoms with van der Waals surface area (Å²) in [4.78, 5) is 22.6. The molecule has 0 bridgehead atoms. The lowest BCUT2D eigenvalue weighted by Gasteiger charge is -2.02. The lowest BCUT2D eigenvalue weighted by Crippen LogP contribution is -2.20. The maximum absolute atomic E-state index is 11.6. The molecule has 6 heteroatoms. The first kappa shape index (κ1) is 14.2. The molecule has 0 heterocycles. The van der Waals surface area contributed by atoms with Gasteiger partial charge in [-0.05, 0) is 31.2 Å². The van der Waals surface area contributed by atoms with Crippen LogP contribution in [0.5, 0.6) is 0 Å². The van der Waals surface area contributed by atoms with Crippen LogP contribution in [-0.2, 0) is 9.53 Å². The first-order valence-electron chi connectivity index (χ1n) is 5.19. The van der Waals surface area contributed by atoms with Gasteiger partial charge >= 0.3 is 5.97 Å². The molecule has 0 unspecified atom stereocenters. The van der Waals surface area contributed by atoms with E-state index in [0.29, 0.717) is 16.3 Å². The number of hydrogen-bond acceptors (Lipinski definition) is 4. The summed E-state index contributed by atoms with van der Waals surface area (Å²) in [6.45, 7) is 1.62. The average molecular weight is 269 g/mol. The van der Waals surface area contributed by atoms with E-state index in [1.54, 1.807) is 31.2 Å². The second kappa shape index (κ2) is 6.76. The Hall–Kier alpha value is -1.88. The number of methoxy groups -OCH3 is 1. The van der Waals surface area contributed by atoms with Gasteiger partial charge in [-0.3, -0.25) is 9.59 Å². The van der Waals surface area contributed by atoms with Crippen molar-refractivity contribution < 1.29 is 14.3 Å². The molecule has 0 radical (unpaired) electrons. The maximum atomic E-state index is 11.6. The van der Waals surface area contributed by atoms with E-state index in [4.69, 9.17) is 11.6 Å². The van der Waals surface area contributed by atoms with Gasteiger partial charge in [0.05, 0.1) is 13.5 Å². The fraction of sp³-hybridized carbons (Fsp3) is 0.250. The van der Waals surface area contributed by atoms with Crippen molar-refractivity contribution in [1.29, 1.82) is 0 Å². The Morgan fingerprint density at radius 2 is 1.94 bits per heavy atom. The highest BCUT2D eigenvalue weighted by Gasteiger charge is 2.06. The Kier molecular flexibility index (Phi) is 5.32. The van der Waals surface area contributed by atoms with Crippen LogP contribution in [0.4, 0.5) is 0 Å². The molecule has 1 aromatic carbocycles. The first-order valence-corrected chi connectivity index (χ1v) is 5.56. The summed E-state index contributed by atoms with van der Waals surface area (Å²) in [7, 11) is 1.29. The van der Waals surface area contributed by atoms with Crippen LogP contribution in [0.15, 0.2) is 29.4 Å². The molecule has 0 aliphatic rings. The lowest BCUT2D eigenvalue weighted by atomic mass is 10.2. The molecule has 18 heavy (non-hydrogen) atoms. The second-order valence-electron chi connectivity index (χ2n) is 3.55. The van der Waals surface area contributed by atoms with Crippen molar-refractivity contribution in [2.24, 2.45) is 5.10 Å². The standard InChI is InChI=1S/C12H13ClN2O3/c1-8(7-11(16)18-2)14-15-12(17)9-3-5-10(13)6-4-9/h3-6H,7H2,1-2H3,(H,15,17)/b14-8+. The minimum atomic E-state index is -0.406. The van der Waals surface area contributed by atoms with E-state index in [2.05, 4.69) is 15.3 Å². The number of hydrazone groups is 1. The highest BCUT2D eigenvalue weighted by Crippen LogP contribution is 2.09. The number of carbonyl (C=O) groups is 2. The van der Waals surface area contributed by atoms with Gasteiger partial charge in [0.25, 0.3) is 5.91 Å². The fourth-order valence-electron chi connectivity index (χ4n) is 1.13. The summed E-state index contributed by atoms with van der Waals surface area (Å²) in [5, 5.41) is 4.35. The topological polar surface area (TPSA) is 67.8 Å². The van der Waals surface area contributed by atoms with Crippen LogP contribution >= 0.6 is 11.6 Å². The molecule has 5 nitrogen and oxygen atoms in total. The van der Waals surface area contributed by atoms with E-state index in [0.717, 1.165) is 0 Å². The number of amides is 1. The van der Waals surface area contributed by atoms with Gasteiger partial charge in [-0.1, -0.05) is 11.6 Å². The van der Waals surface area contributed by atoms with Gasteiger partial charge in [-0.25, -0.2) is 5.43 Å². The summed E-state index contributed by atoms with van der Waals surface area (Å²) in [5.41, 5.74) is 3.25. The summed E-state index contributed by atoms with van der Waals surface area (Å²) < 4.78 is 4.48. The van der Waals surface area contributed by atoms with Crippen molar-refractivity contribution in [1.82, 2.24) is 5.43 Å². The monoisotopic (exact) mass is 268 g/mol. The highest BCUT2D eigenvalue weighted by atomic mass is 35.5. The number of esters is 1. The number of rotatable bonds is 4. The predicted molar refractivity (Wildman–Crippen MR) is 68.7 cm³/mol. The number of halogens is 1. The maximum Gasteiger partial charge on any atom is 0.311 e. The summed E-state index contributed by atoms with van der Waals surface area (Å²) in [6, 6.07) is 6.40. The van der Waals surface area contributed by atoms with E-state index < -0.39 is 5.97 Å². The van der Waals surface area contributed by atoms with Crippen LogP contribution in [-0.4, -0.2) is 24.7 Å². The average Bonchev–Trinajstić information content (AvgIpc) is 2.36. The number of benzene rings is 1. The third kappa shape index (κ3) is 4.55. The number of nitrogens with one attached hydrogen (secondary N) is 1. The third-order valence-corrected chi connectivity index (χ3v) is 2.33. The van der Waals surface area contributed by atoms with Gasteiger partial charge in [0, 0.05) is 16.3 Å². The minimum absolute atomic E-state index is 0.0391. The predicted octanol–water partition coefficient (Wildman–Crippen LogP) is 2.01. The zero-order valence-electron chi connectivity index (χ0n) is 10.1. The number of hydrogen-bond donors (Lipinski definition) is 1. The van der Waals surface area contributed by atoms with Crippen molar-refractivity contribution in [3.05, 3.63) is 34.9 Å². The van der Waals surface area contributed by atoms with Crippen molar-refractivity contribution >= 4 is 29.2 Å². The van der Waals surface area contributed by atoms with Gasteiger partial charge in [0.2, 0.25) is 0 Å². The molecule has 0 spiro atoms. The highest BCUT2D eigenvalue weighted by molar-refractivity contribution is 6.30. The zero-order valence-corrected chi connectivity index (χ0v) is 10.8. The Bertz CT molecular complexity index is 469. The normalized spacial score (nSPS) is 10.9. The lowest BCUT2D eigenvalue weighted by molar-refractivity contribution is -0.139. The largest absolute Gasteiger partial charge is 0.469 e. The fourth-order valence-corrected chi connectivity index (χ4v) is 1.26. The smallest absolute Gasteiger partial charge is 0.311 e. The molecule has 1 aromatic rings. The van der Waals surface area contributed by atoms with E-state index in [-0.39, 0.29) is 12.3 Å². The van der Waals surface area contributed by atoms with Gasteiger partial charge < -0.3 is 4.74 Å². The quantitative estimate of drug-likeness (QED) is 0.516. The Morgan fingerprint density at radius 1 is 1.33 bits per heavy atom. The van der Waals surface area contributed by atoms with Crippen molar-refractivity contribution in [3.63, 3.8) is 0 Å². The van der Waals surface area contributed by atoms with E-state index in [9.17, 15) is 9.59 Å². The summed E-state index contributed by atoms with van der Waals surface area (Å²) in [6.07, 6.45) is 0.0391. The first-order chi connectivity index (χ1) is 8.52. The molecule has 0 aliphatic carbocycles. The van der Waals surface area contributed by atoms with Crippen LogP contribution in [0.2, 0.25) is 5.02 Å². The molecule has 0 atom stereocenters. The van der Waals surface area contributed by atoms with E-state index in [1.807, 2.05) is 0 Å². The molecule has 0 fully saturated rings. The minimum Gasteiger partial charge on any atom is -0.469 e. The molecule has 1 amide bonds. The van der Waals surface area contributed by atoms with Crippen LogP contribution in [0.25, 0.3) is 0 Å². The molecule has 1 N–H and O–H groups in total. The van der Waals surface area contributed by atoms with E-state index >= 15 is 0 Å². The Morgan fingerprint density at radius 3 is 2.50 bits per heavy atom. The molecule has 96 valence electrons. The van der Waals surface area contributed by atoms with Crippen LogP contribution in [0, 0.1) is 0 Å². The second-order valence-corrected chi connectivity index (χ2v) is 3.98. The molecule has 0 aromatic heterocycles. The Balaban J connectivity index is 2.57. The number of nitrogens with zero attached hydrogens (tertiary/aromatic N) is 1. The van der Waals surface area contributed by atoms with Crippen LogP contribution < -0.4 is 5.43 Å². The van der Waals surface area contributed by atoms with Crippen molar-refractivity contribution in [3.8, 4) is 0 Å². The molecule has 0 saturated carbocycles. The molecule has 1 rings (SSSR count). The molecule has 0 saturated heterocycles. The van der Waals surface area contributed by atoms with E-state index in [1.165, 1.54) is 7.11 Å².